The Morgan fingerprint density at radius 2 is 1.82 bits per heavy atom. The third-order valence-electron chi connectivity index (χ3n) is 5.43. The van der Waals surface area contributed by atoms with Crippen molar-refractivity contribution >= 4 is 43.2 Å². The third-order valence-corrected chi connectivity index (χ3v) is 8.37. The largest absolute Gasteiger partial charge is 0.507 e. The average Bonchev–Trinajstić information content (AvgIpc) is 3.27. The van der Waals surface area contributed by atoms with Gasteiger partial charge in [0.15, 0.2) is 0 Å². The van der Waals surface area contributed by atoms with Crippen LogP contribution in [0.3, 0.4) is 0 Å². The van der Waals surface area contributed by atoms with Gasteiger partial charge in [0.1, 0.15) is 10.8 Å². The van der Waals surface area contributed by atoms with Crippen molar-refractivity contribution in [3.8, 4) is 16.3 Å². The van der Waals surface area contributed by atoms with Crippen molar-refractivity contribution < 1.29 is 18.3 Å². The van der Waals surface area contributed by atoms with E-state index in [1.165, 1.54) is 46.0 Å². The van der Waals surface area contributed by atoms with Crippen LogP contribution in [0.5, 0.6) is 5.75 Å². The highest BCUT2D eigenvalue weighted by Gasteiger charge is 2.20. The van der Waals surface area contributed by atoms with Crippen LogP contribution in [0.4, 0.5) is 5.69 Å². The molecule has 7 nitrogen and oxygen atoms in total. The van der Waals surface area contributed by atoms with Crippen molar-refractivity contribution in [3.05, 3.63) is 72.3 Å². The molecule has 0 bridgehead atoms. The highest BCUT2D eigenvalue weighted by Crippen LogP contribution is 2.36. The number of hydrogen-bond donors (Lipinski definition) is 2. The number of thiazole rings is 1. The van der Waals surface area contributed by atoms with Gasteiger partial charge in [0.25, 0.3) is 5.91 Å². The van der Waals surface area contributed by atoms with E-state index in [0.29, 0.717) is 28.4 Å². The normalized spacial score (nSPS) is 11.7. The van der Waals surface area contributed by atoms with E-state index >= 15 is 0 Å². The van der Waals surface area contributed by atoms with Gasteiger partial charge in [-0.2, -0.15) is 0 Å². The number of para-hydroxylation sites is 1. The molecule has 0 saturated heterocycles. The van der Waals surface area contributed by atoms with Crippen LogP contribution in [0, 0.1) is 0 Å². The number of sulfonamides is 1. The number of nitrogens with zero attached hydrogens (tertiary/aromatic N) is 2. The molecule has 2 N–H and O–H groups in total. The molecule has 34 heavy (non-hydrogen) atoms. The number of amides is 1. The highest BCUT2D eigenvalue weighted by atomic mass is 32.2. The van der Waals surface area contributed by atoms with E-state index in [1.807, 2.05) is 31.2 Å². The first-order chi connectivity index (χ1) is 16.3. The molecule has 0 saturated carbocycles. The zero-order valence-corrected chi connectivity index (χ0v) is 20.5. The Labute approximate surface area is 202 Å². The fourth-order valence-electron chi connectivity index (χ4n) is 3.43. The third kappa shape index (κ3) is 4.96. The molecular formula is C25H25N3O4S2. The molecule has 1 heterocycles. The van der Waals surface area contributed by atoms with Crippen LogP contribution in [0.25, 0.3) is 20.8 Å². The molecular weight excluding hydrogens is 470 g/mol. The summed E-state index contributed by atoms with van der Waals surface area (Å²) in [6, 6.07) is 18.4. The van der Waals surface area contributed by atoms with E-state index in [0.717, 1.165) is 23.1 Å². The van der Waals surface area contributed by atoms with E-state index in [-0.39, 0.29) is 16.6 Å². The molecule has 0 aliphatic heterocycles. The Balaban J connectivity index is 1.52. The molecule has 0 aliphatic rings. The minimum Gasteiger partial charge on any atom is -0.507 e. The smallest absolute Gasteiger partial charge is 0.255 e. The number of carbonyl (C=O) groups excluding carboxylic acids is 1. The van der Waals surface area contributed by atoms with Crippen molar-refractivity contribution in [2.45, 2.75) is 24.7 Å². The Morgan fingerprint density at radius 1 is 1.09 bits per heavy atom. The van der Waals surface area contributed by atoms with E-state index in [9.17, 15) is 18.3 Å². The summed E-state index contributed by atoms with van der Waals surface area (Å²) in [6.45, 7) is 2.45. The molecule has 3 aromatic carbocycles. The van der Waals surface area contributed by atoms with Crippen LogP contribution in [-0.2, 0) is 10.0 Å². The van der Waals surface area contributed by atoms with Crippen molar-refractivity contribution in [1.29, 1.82) is 0 Å². The zero-order chi connectivity index (χ0) is 24.3. The number of nitrogens with one attached hydrogen (secondary N) is 1. The first-order valence-corrected chi connectivity index (χ1v) is 13.1. The van der Waals surface area contributed by atoms with Gasteiger partial charge in [-0.25, -0.2) is 17.7 Å². The van der Waals surface area contributed by atoms with Crippen LogP contribution >= 0.6 is 11.3 Å². The van der Waals surface area contributed by atoms with E-state index in [4.69, 9.17) is 0 Å². The molecule has 0 spiro atoms. The van der Waals surface area contributed by atoms with Gasteiger partial charge in [-0.3, -0.25) is 4.79 Å². The van der Waals surface area contributed by atoms with Crippen LogP contribution in [0.15, 0.2) is 71.6 Å². The van der Waals surface area contributed by atoms with Gasteiger partial charge in [-0.05, 0) is 61.0 Å². The van der Waals surface area contributed by atoms with Crippen molar-refractivity contribution in [2.75, 3.05) is 18.9 Å². The molecule has 4 aromatic rings. The number of anilines is 1. The maximum atomic E-state index is 12.8. The number of phenols is 1. The molecule has 4 rings (SSSR count). The molecule has 0 atom stereocenters. The Hall–Kier alpha value is -3.27. The summed E-state index contributed by atoms with van der Waals surface area (Å²) in [6.07, 6.45) is 1.68. The molecule has 176 valence electrons. The summed E-state index contributed by atoms with van der Waals surface area (Å²) in [5, 5.41) is 13.8. The number of aromatic hydroxyl groups is 1. The van der Waals surface area contributed by atoms with Crippen LogP contribution < -0.4 is 5.32 Å². The van der Waals surface area contributed by atoms with Crippen LogP contribution in [0.2, 0.25) is 0 Å². The fraction of sp³-hybridized carbons (Fsp3) is 0.200. The van der Waals surface area contributed by atoms with Gasteiger partial charge in [-0.15, -0.1) is 11.3 Å². The first-order valence-electron chi connectivity index (χ1n) is 10.9. The number of aromatic nitrogens is 1. The molecule has 0 aliphatic carbocycles. The lowest BCUT2D eigenvalue weighted by atomic mass is 10.1. The minimum atomic E-state index is -3.60. The molecule has 0 radical (unpaired) electrons. The quantitative estimate of drug-likeness (QED) is 0.321. The fourth-order valence-corrected chi connectivity index (χ4v) is 5.63. The molecule has 0 unspecified atom stereocenters. The summed E-state index contributed by atoms with van der Waals surface area (Å²) < 4.78 is 27.7. The van der Waals surface area contributed by atoms with Crippen LogP contribution in [0.1, 0.15) is 30.1 Å². The molecule has 0 fully saturated rings. The van der Waals surface area contributed by atoms with Crippen molar-refractivity contribution in [1.82, 2.24) is 9.29 Å². The number of benzene rings is 3. The maximum absolute atomic E-state index is 12.8. The van der Waals surface area contributed by atoms with Gasteiger partial charge in [-0.1, -0.05) is 25.5 Å². The second-order valence-electron chi connectivity index (χ2n) is 7.88. The summed E-state index contributed by atoms with van der Waals surface area (Å²) in [4.78, 5) is 17.5. The Kier molecular flexibility index (Phi) is 6.97. The number of rotatable bonds is 8. The van der Waals surface area contributed by atoms with E-state index < -0.39 is 10.0 Å². The monoisotopic (exact) mass is 495 g/mol. The molecule has 1 amide bonds. The molecule has 1 aromatic heterocycles. The number of hydrogen-bond acceptors (Lipinski definition) is 6. The summed E-state index contributed by atoms with van der Waals surface area (Å²) >= 11 is 1.45. The maximum Gasteiger partial charge on any atom is 0.255 e. The summed E-state index contributed by atoms with van der Waals surface area (Å²) in [5.41, 5.74) is 2.18. The molecule has 9 heteroatoms. The van der Waals surface area contributed by atoms with Crippen molar-refractivity contribution in [3.63, 3.8) is 0 Å². The highest BCUT2D eigenvalue weighted by molar-refractivity contribution is 7.89. The lowest BCUT2D eigenvalue weighted by molar-refractivity contribution is 0.102. The van der Waals surface area contributed by atoms with E-state index in [1.54, 1.807) is 19.2 Å². The number of carbonyl (C=O) groups is 1. The minimum absolute atomic E-state index is 0.0683. The van der Waals surface area contributed by atoms with Crippen LogP contribution in [-0.4, -0.2) is 42.3 Å². The van der Waals surface area contributed by atoms with Gasteiger partial charge < -0.3 is 10.4 Å². The summed E-state index contributed by atoms with van der Waals surface area (Å²) in [7, 11) is -2.04. The van der Waals surface area contributed by atoms with E-state index in [2.05, 4.69) is 10.3 Å². The van der Waals surface area contributed by atoms with Gasteiger partial charge in [0.05, 0.1) is 20.7 Å². The van der Waals surface area contributed by atoms with Gasteiger partial charge in [0, 0.05) is 24.8 Å². The number of phenolic OH excluding ortho intramolecular Hbond substituents is 1. The Bertz CT molecular complexity index is 1400. The topological polar surface area (TPSA) is 99.6 Å². The first kappa shape index (κ1) is 23.9. The number of fused-ring (bicyclic) bond motifs is 1. The predicted molar refractivity (Wildman–Crippen MR) is 136 cm³/mol. The second kappa shape index (κ2) is 9.92. The van der Waals surface area contributed by atoms with Gasteiger partial charge >= 0.3 is 0 Å². The standard InChI is InChI=1S/C25H25N3O4S2/c1-3-4-15-28(2)34(31,32)19-12-9-17(10-13-19)24(30)26-18-11-14-22(29)20(16-18)25-27-21-7-5-6-8-23(21)33-25/h5-14,16,29H,3-4,15H2,1-2H3,(H,26,30). The van der Waals surface area contributed by atoms with Crippen molar-refractivity contribution in [2.24, 2.45) is 0 Å². The predicted octanol–water partition coefficient (Wildman–Crippen LogP) is 5.34. The number of unbranched alkanes of at least 4 members (excludes halogenated alkanes) is 1. The second-order valence-corrected chi connectivity index (χ2v) is 11.0. The lowest BCUT2D eigenvalue weighted by Crippen LogP contribution is -2.28. The van der Waals surface area contributed by atoms with Gasteiger partial charge in [0.2, 0.25) is 10.0 Å². The summed E-state index contributed by atoms with van der Waals surface area (Å²) in [5.74, 6) is -0.317. The lowest BCUT2D eigenvalue weighted by Gasteiger charge is -2.17. The average molecular weight is 496 g/mol. The SMILES string of the molecule is CCCCN(C)S(=O)(=O)c1ccc(C(=O)Nc2ccc(O)c(-c3nc4ccccc4s3)c2)cc1. The zero-order valence-electron chi connectivity index (χ0n) is 18.9. The Morgan fingerprint density at radius 3 is 2.53 bits per heavy atom.